The van der Waals surface area contributed by atoms with Crippen molar-refractivity contribution >= 4 is 22.9 Å². The number of nitrogens with zero attached hydrogens (tertiary/aromatic N) is 1. The van der Waals surface area contributed by atoms with E-state index in [2.05, 4.69) is 10.3 Å². The van der Waals surface area contributed by atoms with E-state index >= 15 is 0 Å². The number of halogens is 1. The van der Waals surface area contributed by atoms with Crippen LogP contribution in [0.2, 0.25) is 0 Å². The standard InChI is InChI=1S/C20H17FN2O3S/c21-14-4-1-3-13(9-14)20-23-16(12-27-20)11-19(24)22-15-5-6-17-18(10-15)26-8-2-7-25-17/h1,3-6,9-10,12H,2,7-8,11H2,(H,22,24). The molecule has 1 aliphatic rings. The number of benzene rings is 2. The predicted molar refractivity (Wildman–Crippen MR) is 102 cm³/mol. The molecule has 1 N–H and O–H groups in total. The number of nitrogens with one attached hydrogen (secondary N) is 1. The van der Waals surface area contributed by atoms with Gasteiger partial charge in [-0.2, -0.15) is 0 Å². The Hall–Kier alpha value is -2.93. The third kappa shape index (κ3) is 4.25. The number of carbonyl (C=O) groups excluding carboxylic acids is 1. The molecule has 2 heterocycles. The first-order valence-corrected chi connectivity index (χ1v) is 9.45. The molecule has 1 aliphatic heterocycles. The lowest BCUT2D eigenvalue weighted by Crippen LogP contribution is -2.14. The Kier molecular flexibility index (Phi) is 5.02. The molecule has 0 bridgehead atoms. The van der Waals surface area contributed by atoms with Crippen LogP contribution >= 0.6 is 11.3 Å². The van der Waals surface area contributed by atoms with Gasteiger partial charge in [0.25, 0.3) is 0 Å². The average Bonchev–Trinajstić information content (AvgIpc) is 2.98. The van der Waals surface area contributed by atoms with E-state index in [0.717, 1.165) is 6.42 Å². The lowest BCUT2D eigenvalue weighted by atomic mass is 10.2. The monoisotopic (exact) mass is 384 g/mol. The fourth-order valence-electron chi connectivity index (χ4n) is 2.75. The van der Waals surface area contributed by atoms with E-state index in [9.17, 15) is 9.18 Å². The first-order valence-electron chi connectivity index (χ1n) is 8.57. The summed E-state index contributed by atoms with van der Waals surface area (Å²) in [6.07, 6.45) is 0.966. The third-order valence-corrected chi connectivity index (χ3v) is 4.94. The number of fused-ring (bicyclic) bond motifs is 1. The van der Waals surface area contributed by atoms with Crippen molar-refractivity contribution in [3.63, 3.8) is 0 Å². The average molecular weight is 384 g/mol. The Balaban J connectivity index is 1.42. The highest BCUT2D eigenvalue weighted by Gasteiger charge is 2.13. The molecule has 138 valence electrons. The molecule has 0 fully saturated rings. The van der Waals surface area contributed by atoms with Gasteiger partial charge >= 0.3 is 0 Å². The Bertz CT molecular complexity index is 973. The van der Waals surface area contributed by atoms with E-state index in [1.165, 1.54) is 23.5 Å². The summed E-state index contributed by atoms with van der Waals surface area (Å²) in [6.45, 7) is 1.21. The van der Waals surface area contributed by atoms with Gasteiger partial charge in [0.05, 0.1) is 25.3 Å². The number of anilines is 1. The summed E-state index contributed by atoms with van der Waals surface area (Å²) in [4.78, 5) is 16.8. The lowest BCUT2D eigenvalue weighted by Gasteiger charge is -2.10. The Morgan fingerprint density at radius 3 is 2.85 bits per heavy atom. The number of ether oxygens (including phenoxy) is 2. The molecule has 7 heteroatoms. The minimum absolute atomic E-state index is 0.139. The van der Waals surface area contributed by atoms with Gasteiger partial charge in [-0.1, -0.05) is 12.1 Å². The Labute approximate surface area is 159 Å². The quantitative estimate of drug-likeness (QED) is 0.729. The van der Waals surface area contributed by atoms with Crippen LogP contribution in [-0.2, 0) is 11.2 Å². The van der Waals surface area contributed by atoms with Crippen LogP contribution in [0.15, 0.2) is 47.8 Å². The number of amides is 1. The molecule has 0 unspecified atom stereocenters. The minimum atomic E-state index is -0.309. The van der Waals surface area contributed by atoms with Crippen LogP contribution in [0, 0.1) is 5.82 Å². The zero-order valence-corrected chi connectivity index (χ0v) is 15.2. The van der Waals surface area contributed by atoms with Crippen molar-refractivity contribution in [1.82, 2.24) is 4.98 Å². The first-order chi connectivity index (χ1) is 13.2. The topological polar surface area (TPSA) is 60.5 Å². The highest BCUT2D eigenvalue weighted by Crippen LogP contribution is 2.32. The normalized spacial score (nSPS) is 13.1. The van der Waals surface area contributed by atoms with Crippen LogP contribution < -0.4 is 14.8 Å². The molecule has 3 aromatic rings. The fraction of sp³-hybridized carbons (Fsp3) is 0.200. The molecule has 1 amide bonds. The fourth-order valence-corrected chi connectivity index (χ4v) is 3.57. The third-order valence-electron chi connectivity index (χ3n) is 4.00. The van der Waals surface area contributed by atoms with Gasteiger partial charge in [-0.15, -0.1) is 11.3 Å². The van der Waals surface area contributed by atoms with Gasteiger partial charge in [0.1, 0.15) is 10.8 Å². The molecule has 0 saturated carbocycles. The van der Waals surface area contributed by atoms with Gasteiger partial charge in [0.15, 0.2) is 11.5 Å². The SMILES string of the molecule is O=C(Cc1csc(-c2cccc(F)c2)n1)Nc1ccc2c(c1)OCCCO2. The van der Waals surface area contributed by atoms with Crippen molar-refractivity contribution < 1.29 is 18.7 Å². The van der Waals surface area contributed by atoms with Crippen LogP contribution in [0.5, 0.6) is 11.5 Å². The van der Waals surface area contributed by atoms with Crippen LogP contribution in [-0.4, -0.2) is 24.1 Å². The molecule has 0 spiro atoms. The molecule has 2 aromatic carbocycles. The largest absolute Gasteiger partial charge is 0.490 e. The van der Waals surface area contributed by atoms with E-state index in [4.69, 9.17) is 9.47 Å². The van der Waals surface area contributed by atoms with Crippen molar-refractivity contribution in [2.45, 2.75) is 12.8 Å². The number of thiazole rings is 1. The number of carbonyl (C=O) groups is 1. The second-order valence-electron chi connectivity index (χ2n) is 6.09. The smallest absolute Gasteiger partial charge is 0.230 e. The van der Waals surface area contributed by atoms with Crippen LogP contribution in [0.3, 0.4) is 0 Å². The maximum absolute atomic E-state index is 13.4. The maximum atomic E-state index is 13.4. The van der Waals surface area contributed by atoms with Crippen molar-refractivity contribution in [2.24, 2.45) is 0 Å². The van der Waals surface area contributed by atoms with Crippen molar-refractivity contribution in [2.75, 3.05) is 18.5 Å². The summed E-state index contributed by atoms with van der Waals surface area (Å²) >= 11 is 1.39. The van der Waals surface area contributed by atoms with Gasteiger partial charge in [0, 0.05) is 29.1 Å². The molecule has 0 atom stereocenters. The van der Waals surface area contributed by atoms with Gasteiger partial charge in [-0.3, -0.25) is 4.79 Å². The van der Waals surface area contributed by atoms with Crippen LogP contribution in [0.1, 0.15) is 12.1 Å². The van der Waals surface area contributed by atoms with Crippen LogP contribution in [0.25, 0.3) is 10.6 Å². The van der Waals surface area contributed by atoms with Crippen molar-refractivity contribution in [3.05, 3.63) is 59.4 Å². The molecule has 0 radical (unpaired) electrons. The summed E-state index contributed by atoms with van der Waals surface area (Å²) in [6, 6.07) is 11.6. The van der Waals surface area contributed by atoms with E-state index in [1.807, 2.05) is 5.38 Å². The summed E-state index contributed by atoms with van der Waals surface area (Å²) < 4.78 is 24.6. The second kappa shape index (κ2) is 7.75. The van der Waals surface area contributed by atoms with Crippen molar-refractivity contribution in [1.29, 1.82) is 0 Å². The highest BCUT2D eigenvalue weighted by atomic mass is 32.1. The molecule has 1 aromatic heterocycles. The minimum Gasteiger partial charge on any atom is -0.490 e. The summed E-state index contributed by atoms with van der Waals surface area (Å²) in [5.41, 5.74) is 1.99. The summed E-state index contributed by atoms with van der Waals surface area (Å²) in [7, 11) is 0. The molecule has 4 rings (SSSR count). The first kappa shape index (κ1) is 17.5. The van der Waals surface area contributed by atoms with Gasteiger partial charge in [-0.05, 0) is 24.3 Å². The highest BCUT2D eigenvalue weighted by molar-refractivity contribution is 7.13. The lowest BCUT2D eigenvalue weighted by molar-refractivity contribution is -0.115. The van der Waals surface area contributed by atoms with Gasteiger partial charge in [0.2, 0.25) is 5.91 Å². The molecule has 0 saturated heterocycles. The number of aromatic nitrogens is 1. The van der Waals surface area contributed by atoms with E-state index in [0.29, 0.717) is 46.7 Å². The summed E-state index contributed by atoms with van der Waals surface area (Å²) in [5, 5.41) is 5.35. The molecule has 27 heavy (non-hydrogen) atoms. The van der Waals surface area contributed by atoms with E-state index in [1.54, 1.807) is 30.3 Å². The van der Waals surface area contributed by atoms with Crippen LogP contribution in [0.4, 0.5) is 10.1 Å². The molecule has 5 nitrogen and oxygen atoms in total. The summed E-state index contributed by atoms with van der Waals surface area (Å²) in [5.74, 6) is 0.828. The van der Waals surface area contributed by atoms with E-state index in [-0.39, 0.29) is 18.1 Å². The molecule has 0 aliphatic carbocycles. The predicted octanol–water partition coefficient (Wildman–Crippen LogP) is 4.29. The Morgan fingerprint density at radius 2 is 2.00 bits per heavy atom. The Morgan fingerprint density at radius 1 is 1.15 bits per heavy atom. The number of hydrogen-bond donors (Lipinski definition) is 1. The molecular weight excluding hydrogens is 367 g/mol. The maximum Gasteiger partial charge on any atom is 0.230 e. The van der Waals surface area contributed by atoms with Crippen molar-refractivity contribution in [3.8, 4) is 22.1 Å². The number of rotatable bonds is 4. The second-order valence-corrected chi connectivity index (χ2v) is 6.95. The van der Waals surface area contributed by atoms with Gasteiger partial charge < -0.3 is 14.8 Å². The zero-order valence-electron chi connectivity index (χ0n) is 14.4. The molecular formula is C20H17FN2O3S. The van der Waals surface area contributed by atoms with E-state index < -0.39 is 0 Å². The number of hydrogen-bond acceptors (Lipinski definition) is 5. The zero-order chi connectivity index (χ0) is 18.6. The van der Waals surface area contributed by atoms with Gasteiger partial charge in [-0.25, -0.2) is 9.37 Å².